The Labute approximate surface area is 198 Å². The average Bonchev–Trinajstić information content (AvgIpc) is 3.43. The molecule has 168 valence electrons. The molecule has 34 heavy (non-hydrogen) atoms. The molecule has 0 unspecified atom stereocenters. The maximum absolute atomic E-state index is 9.19. The normalized spacial score (nSPS) is 11.0. The molecule has 0 aliphatic heterocycles. The van der Waals surface area contributed by atoms with Crippen LogP contribution in [0.5, 0.6) is 5.75 Å². The zero-order valence-electron chi connectivity index (χ0n) is 19.5. The SMILES string of the molecule is Cc1ccc(C)c(Cn2c(COc3cccc(C#N)c3)nc3ccc(-c4cnn(C)c4)cc32)c1. The highest BCUT2D eigenvalue weighted by Gasteiger charge is 2.15. The largest absolute Gasteiger partial charge is 0.486 e. The third-order valence-electron chi connectivity index (χ3n) is 6.03. The lowest BCUT2D eigenvalue weighted by molar-refractivity contribution is 0.291. The third kappa shape index (κ3) is 4.28. The van der Waals surface area contributed by atoms with E-state index >= 15 is 0 Å². The molecule has 0 radical (unpaired) electrons. The molecule has 5 rings (SSSR count). The number of aromatic nitrogens is 4. The Bertz CT molecular complexity index is 1540. The lowest BCUT2D eigenvalue weighted by Gasteiger charge is -2.13. The zero-order chi connectivity index (χ0) is 23.7. The molecule has 2 aromatic heterocycles. The molecule has 0 amide bonds. The number of nitrogens with zero attached hydrogens (tertiary/aromatic N) is 5. The van der Waals surface area contributed by atoms with E-state index < -0.39 is 0 Å². The molecule has 0 saturated carbocycles. The molecule has 3 aromatic carbocycles. The van der Waals surface area contributed by atoms with E-state index in [0.29, 0.717) is 24.5 Å². The molecule has 6 nitrogen and oxygen atoms in total. The standard InChI is InChI=1S/C28H25N5O/c1-19-7-8-20(2)23(11-19)17-33-27-13-22(24-15-30-32(3)16-24)9-10-26(27)31-28(33)18-34-25-6-4-5-21(12-25)14-29/h4-13,15-16H,17-18H2,1-3H3. The average molecular weight is 448 g/mol. The van der Waals surface area contributed by atoms with E-state index in [9.17, 15) is 5.26 Å². The molecular formula is C28H25N5O. The number of hydrogen-bond acceptors (Lipinski definition) is 4. The van der Waals surface area contributed by atoms with Gasteiger partial charge in [0.2, 0.25) is 0 Å². The summed E-state index contributed by atoms with van der Waals surface area (Å²) in [5, 5.41) is 13.5. The second-order valence-electron chi connectivity index (χ2n) is 8.58. The fourth-order valence-corrected chi connectivity index (χ4v) is 4.15. The van der Waals surface area contributed by atoms with E-state index in [4.69, 9.17) is 9.72 Å². The van der Waals surface area contributed by atoms with E-state index in [0.717, 1.165) is 28.0 Å². The van der Waals surface area contributed by atoms with Crippen molar-refractivity contribution in [3.63, 3.8) is 0 Å². The number of ether oxygens (including phenoxy) is 1. The van der Waals surface area contributed by atoms with Crippen molar-refractivity contribution in [1.29, 1.82) is 5.26 Å². The molecule has 0 spiro atoms. The van der Waals surface area contributed by atoms with Gasteiger partial charge < -0.3 is 9.30 Å². The Balaban J connectivity index is 1.57. The molecule has 0 atom stereocenters. The van der Waals surface area contributed by atoms with Crippen LogP contribution >= 0.6 is 0 Å². The second kappa shape index (κ2) is 8.87. The number of rotatable bonds is 6. The molecule has 0 aliphatic carbocycles. The molecule has 2 heterocycles. The highest BCUT2D eigenvalue weighted by atomic mass is 16.5. The van der Waals surface area contributed by atoms with Crippen molar-refractivity contribution in [1.82, 2.24) is 19.3 Å². The Morgan fingerprint density at radius 3 is 2.68 bits per heavy atom. The first-order valence-corrected chi connectivity index (χ1v) is 11.2. The van der Waals surface area contributed by atoms with E-state index in [-0.39, 0.29) is 0 Å². The van der Waals surface area contributed by atoms with Gasteiger partial charge in [0.15, 0.2) is 0 Å². The van der Waals surface area contributed by atoms with Crippen LogP contribution in [0, 0.1) is 25.2 Å². The smallest absolute Gasteiger partial charge is 0.148 e. The van der Waals surface area contributed by atoms with Gasteiger partial charge in [-0.2, -0.15) is 10.4 Å². The van der Waals surface area contributed by atoms with Crippen molar-refractivity contribution < 1.29 is 4.74 Å². The number of benzene rings is 3. The zero-order valence-corrected chi connectivity index (χ0v) is 19.5. The summed E-state index contributed by atoms with van der Waals surface area (Å²) in [7, 11) is 1.92. The number of imidazole rings is 1. The van der Waals surface area contributed by atoms with Crippen LogP contribution < -0.4 is 4.74 Å². The molecule has 0 saturated heterocycles. The van der Waals surface area contributed by atoms with Crippen LogP contribution in [-0.4, -0.2) is 19.3 Å². The highest BCUT2D eigenvalue weighted by molar-refractivity contribution is 5.82. The summed E-state index contributed by atoms with van der Waals surface area (Å²) in [5.41, 5.74) is 8.42. The summed E-state index contributed by atoms with van der Waals surface area (Å²) in [5.74, 6) is 1.49. The number of nitriles is 1. The van der Waals surface area contributed by atoms with Gasteiger partial charge in [-0.1, -0.05) is 35.9 Å². The number of aryl methyl sites for hydroxylation is 3. The fourth-order valence-electron chi connectivity index (χ4n) is 4.15. The minimum absolute atomic E-state index is 0.302. The number of hydrogen-bond donors (Lipinski definition) is 0. The van der Waals surface area contributed by atoms with Gasteiger partial charge in [-0.3, -0.25) is 4.68 Å². The molecule has 0 bridgehead atoms. The third-order valence-corrected chi connectivity index (χ3v) is 6.03. The predicted octanol–water partition coefficient (Wildman–Crippen LogP) is 5.55. The van der Waals surface area contributed by atoms with E-state index in [1.807, 2.05) is 36.3 Å². The molecule has 0 fully saturated rings. The highest BCUT2D eigenvalue weighted by Crippen LogP contribution is 2.27. The maximum Gasteiger partial charge on any atom is 0.148 e. The van der Waals surface area contributed by atoms with Gasteiger partial charge in [0.05, 0.1) is 28.9 Å². The first-order chi connectivity index (χ1) is 16.5. The van der Waals surface area contributed by atoms with Crippen LogP contribution in [0.4, 0.5) is 0 Å². The van der Waals surface area contributed by atoms with Gasteiger partial charge in [0.1, 0.15) is 18.2 Å². The van der Waals surface area contributed by atoms with Crippen LogP contribution in [0.2, 0.25) is 0 Å². The predicted molar refractivity (Wildman–Crippen MR) is 132 cm³/mol. The maximum atomic E-state index is 9.19. The van der Waals surface area contributed by atoms with Crippen molar-refractivity contribution in [2.45, 2.75) is 27.0 Å². The summed E-state index contributed by atoms with van der Waals surface area (Å²) in [6.45, 7) is 5.24. The Morgan fingerprint density at radius 1 is 1.00 bits per heavy atom. The minimum atomic E-state index is 0.302. The van der Waals surface area contributed by atoms with Gasteiger partial charge >= 0.3 is 0 Å². The summed E-state index contributed by atoms with van der Waals surface area (Å²) in [6, 6.07) is 22.2. The molecule has 5 aromatic rings. The Morgan fingerprint density at radius 2 is 1.88 bits per heavy atom. The van der Waals surface area contributed by atoms with Crippen molar-refractivity contribution in [2.75, 3.05) is 0 Å². The molecule has 6 heteroatoms. The molecular weight excluding hydrogens is 422 g/mol. The lowest BCUT2D eigenvalue weighted by Crippen LogP contribution is -2.09. The topological polar surface area (TPSA) is 68.7 Å². The first-order valence-electron chi connectivity index (χ1n) is 11.2. The van der Waals surface area contributed by atoms with Crippen molar-refractivity contribution in [3.8, 4) is 22.9 Å². The monoisotopic (exact) mass is 447 g/mol. The summed E-state index contributed by atoms with van der Waals surface area (Å²) in [4.78, 5) is 4.91. The van der Waals surface area contributed by atoms with Gasteiger partial charge in [-0.05, 0) is 60.9 Å². The minimum Gasteiger partial charge on any atom is -0.486 e. The Kier molecular flexibility index (Phi) is 5.60. The Hall–Kier alpha value is -4.37. The van der Waals surface area contributed by atoms with Gasteiger partial charge in [0, 0.05) is 25.4 Å². The van der Waals surface area contributed by atoms with Gasteiger partial charge in [-0.15, -0.1) is 0 Å². The van der Waals surface area contributed by atoms with E-state index in [1.54, 1.807) is 12.1 Å². The van der Waals surface area contributed by atoms with Gasteiger partial charge in [-0.25, -0.2) is 4.98 Å². The first kappa shape index (κ1) is 21.5. The van der Waals surface area contributed by atoms with Crippen molar-refractivity contribution in [2.24, 2.45) is 7.05 Å². The summed E-state index contributed by atoms with van der Waals surface area (Å²) in [6.07, 6.45) is 3.89. The number of fused-ring (bicyclic) bond motifs is 1. The van der Waals surface area contributed by atoms with Crippen LogP contribution in [-0.2, 0) is 20.2 Å². The van der Waals surface area contributed by atoms with E-state index in [2.05, 4.69) is 66.0 Å². The second-order valence-corrected chi connectivity index (χ2v) is 8.58. The summed E-state index contributed by atoms with van der Waals surface area (Å²) >= 11 is 0. The van der Waals surface area contributed by atoms with Crippen molar-refractivity contribution >= 4 is 11.0 Å². The van der Waals surface area contributed by atoms with Crippen LogP contribution in [0.15, 0.2) is 73.1 Å². The summed E-state index contributed by atoms with van der Waals surface area (Å²) < 4.78 is 10.1. The lowest BCUT2D eigenvalue weighted by atomic mass is 10.1. The van der Waals surface area contributed by atoms with Crippen LogP contribution in [0.25, 0.3) is 22.2 Å². The van der Waals surface area contributed by atoms with E-state index in [1.165, 1.54) is 16.7 Å². The van der Waals surface area contributed by atoms with Crippen LogP contribution in [0.1, 0.15) is 28.1 Å². The van der Waals surface area contributed by atoms with Crippen molar-refractivity contribution in [3.05, 3.63) is 101 Å². The quantitative estimate of drug-likeness (QED) is 0.342. The molecule has 0 N–H and O–H groups in total. The molecule has 0 aliphatic rings. The fraction of sp³-hybridized carbons (Fsp3) is 0.179. The van der Waals surface area contributed by atoms with Crippen LogP contribution in [0.3, 0.4) is 0 Å². The van der Waals surface area contributed by atoms with Gasteiger partial charge in [0.25, 0.3) is 0 Å².